The highest BCUT2D eigenvalue weighted by Gasteiger charge is 2.03. The van der Waals surface area contributed by atoms with Crippen molar-refractivity contribution in [3.05, 3.63) is 30.3 Å². The second-order valence-electron chi connectivity index (χ2n) is 2.38. The highest BCUT2D eigenvalue weighted by molar-refractivity contribution is 5.75. The molecule has 0 saturated heterocycles. The summed E-state index contributed by atoms with van der Waals surface area (Å²) in [7, 11) is 1.72. The van der Waals surface area contributed by atoms with Crippen molar-refractivity contribution < 1.29 is 4.39 Å². The lowest BCUT2D eigenvalue weighted by Crippen LogP contribution is -1.87. The minimum absolute atomic E-state index is 0.251. The van der Waals surface area contributed by atoms with Crippen molar-refractivity contribution in [2.45, 2.75) is 0 Å². The Hall–Kier alpha value is -1.38. The molecule has 0 aliphatic heterocycles. The second kappa shape index (κ2) is 2.05. The first-order chi connectivity index (χ1) is 5.29. The number of halogens is 1. The molecule has 1 radical (unpaired) electrons. The van der Waals surface area contributed by atoms with Crippen LogP contribution in [0.3, 0.4) is 0 Å². The van der Waals surface area contributed by atoms with Gasteiger partial charge in [-0.15, -0.1) is 0 Å². The van der Waals surface area contributed by atoms with E-state index < -0.39 is 0 Å². The first-order valence-electron chi connectivity index (χ1n) is 3.27. The molecule has 0 bridgehead atoms. The first-order valence-corrected chi connectivity index (χ1v) is 3.27. The SMILES string of the molecule is Cn1[c]nc2cccc(F)c21. The van der Waals surface area contributed by atoms with Crippen LogP contribution in [-0.4, -0.2) is 9.55 Å². The first kappa shape index (κ1) is 6.34. The second-order valence-corrected chi connectivity index (χ2v) is 2.38. The largest absolute Gasteiger partial charge is 0.322 e. The normalized spacial score (nSPS) is 10.7. The highest BCUT2D eigenvalue weighted by atomic mass is 19.1. The van der Waals surface area contributed by atoms with Crippen LogP contribution in [0.5, 0.6) is 0 Å². The van der Waals surface area contributed by atoms with Crippen LogP contribution in [0.25, 0.3) is 11.0 Å². The molecule has 1 aromatic heterocycles. The van der Waals surface area contributed by atoms with Crippen LogP contribution in [-0.2, 0) is 7.05 Å². The molecule has 0 spiro atoms. The molecule has 2 aromatic rings. The molecule has 1 heterocycles. The smallest absolute Gasteiger partial charge is 0.177 e. The van der Waals surface area contributed by atoms with Gasteiger partial charge >= 0.3 is 0 Å². The number of nitrogens with zero attached hydrogens (tertiary/aromatic N) is 2. The van der Waals surface area contributed by atoms with Gasteiger partial charge in [-0.05, 0) is 12.1 Å². The Kier molecular flexibility index (Phi) is 1.18. The van der Waals surface area contributed by atoms with Crippen LogP contribution in [0.2, 0.25) is 0 Å². The Morgan fingerprint density at radius 2 is 2.36 bits per heavy atom. The van der Waals surface area contributed by atoms with Gasteiger partial charge in [0.05, 0.1) is 5.52 Å². The maximum absolute atomic E-state index is 13.0. The van der Waals surface area contributed by atoms with Crippen molar-refractivity contribution >= 4 is 11.0 Å². The van der Waals surface area contributed by atoms with Gasteiger partial charge in [0.15, 0.2) is 6.33 Å². The number of para-hydroxylation sites is 1. The Labute approximate surface area is 63.3 Å². The average Bonchev–Trinajstić information content (AvgIpc) is 2.34. The summed E-state index contributed by atoms with van der Waals surface area (Å²) in [5.74, 6) is -0.251. The lowest BCUT2D eigenvalue weighted by Gasteiger charge is -1.93. The zero-order chi connectivity index (χ0) is 7.84. The lowest BCUT2D eigenvalue weighted by atomic mass is 10.3. The van der Waals surface area contributed by atoms with E-state index in [1.165, 1.54) is 6.07 Å². The molecule has 11 heavy (non-hydrogen) atoms. The van der Waals surface area contributed by atoms with Gasteiger partial charge in [-0.3, -0.25) is 0 Å². The Morgan fingerprint density at radius 1 is 1.55 bits per heavy atom. The molecule has 3 heteroatoms. The van der Waals surface area contributed by atoms with Crippen molar-refractivity contribution in [3.8, 4) is 0 Å². The average molecular weight is 149 g/mol. The molecular formula is C8H6FN2. The van der Waals surface area contributed by atoms with Gasteiger partial charge < -0.3 is 4.57 Å². The summed E-state index contributed by atoms with van der Waals surface area (Å²) < 4.78 is 14.5. The molecule has 0 saturated carbocycles. The monoisotopic (exact) mass is 149 g/mol. The van der Waals surface area contributed by atoms with Crippen LogP contribution in [0.4, 0.5) is 4.39 Å². The molecule has 0 amide bonds. The van der Waals surface area contributed by atoms with Crippen molar-refractivity contribution in [1.29, 1.82) is 0 Å². The van der Waals surface area contributed by atoms with Gasteiger partial charge in [0.2, 0.25) is 0 Å². The topological polar surface area (TPSA) is 17.8 Å². The molecule has 0 unspecified atom stereocenters. The van der Waals surface area contributed by atoms with Crippen LogP contribution in [0.1, 0.15) is 0 Å². The highest BCUT2D eigenvalue weighted by Crippen LogP contribution is 2.13. The van der Waals surface area contributed by atoms with Crippen LogP contribution in [0.15, 0.2) is 18.2 Å². The molecule has 0 atom stereocenters. The third-order valence-corrected chi connectivity index (χ3v) is 1.62. The van der Waals surface area contributed by atoms with E-state index in [1.807, 2.05) is 0 Å². The molecule has 0 aliphatic rings. The number of aromatic nitrogens is 2. The van der Waals surface area contributed by atoms with E-state index in [2.05, 4.69) is 11.3 Å². The molecular weight excluding hydrogens is 143 g/mol. The summed E-state index contributed by atoms with van der Waals surface area (Å²) in [6, 6.07) is 4.81. The van der Waals surface area contributed by atoms with Crippen LogP contribution < -0.4 is 0 Å². The molecule has 0 fully saturated rings. The lowest BCUT2D eigenvalue weighted by molar-refractivity contribution is 0.631. The molecule has 55 valence electrons. The summed E-state index contributed by atoms with van der Waals surface area (Å²) in [6.07, 6.45) is 2.64. The van der Waals surface area contributed by atoms with E-state index in [0.29, 0.717) is 11.0 Å². The minimum atomic E-state index is -0.251. The van der Waals surface area contributed by atoms with Gasteiger partial charge in [-0.2, -0.15) is 0 Å². The van der Waals surface area contributed by atoms with Gasteiger partial charge in [0.1, 0.15) is 11.3 Å². The zero-order valence-electron chi connectivity index (χ0n) is 6.00. The van der Waals surface area contributed by atoms with E-state index in [1.54, 1.807) is 23.7 Å². The standard InChI is InChI=1S/C8H6FN2/c1-11-5-10-7-4-2-3-6(9)8(7)11/h2-4H,1H3. The predicted molar refractivity (Wildman–Crippen MR) is 39.5 cm³/mol. The van der Waals surface area contributed by atoms with E-state index >= 15 is 0 Å². The molecule has 1 aromatic carbocycles. The van der Waals surface area contributed by atoms with E-state index in [4.69, 9.17) is 0 Å². The number of imidazole rings is 1. The summed E-state index contributed by atoms with van der Waals surface area (Å²) in [5, 5.41) is 0. The number of hydrogen-bond acceptors (Lipinski definition) is 1. The molecule has 0 N–H and O–H groups in total. The summed E-state index contributed by atoms with van der Waals surface area (Å²) in [4.78, 5) is 3.88. The maximum Gasteiger partial charge on any atom is 0.177 e. The summed E-state index contributed by atoms with van der Waals surface area (Å²) in [6.45, 7) is 0. The zero-order valence-corrected chi connectivity index (χ0v) is 6.00. The van der Waals surface area contributed by atoms with E-state index in [-0.39, 0.29) is 5.82 Å². The fourth-order valence-electron chi connectivity index (χ4n) is 1.11. The van der Waals surface area contributed by atoms with Gasteiger partial charge in [0.25, 0.3) is 0 Å². The number of fused-ring (bicyclic) bond motifs is 1. The van der Waals surface area contributed by atoms with Crippen molar-refractivity contribution in [2.24, 2.45) is 7.05 Å². The fourth-order valence-corrected chi connectivity index (χ4v) is 1.11. The number of aryl methyl sites for hydroxylation is 1. The van der Waals surface area contributed by atoms with Crippen LogP contribution in [0, 0.1) is 12.1 Å². The Bertz CT molecular complexity index is 392. The molecule has 2 rings (SSSR count). The van der Waals surface area contributed by atoms with Crippen molar-refractivity contribution in [1.82, 2.24) is 9.55 Å². The predicted octanol–water partition coefficient (Wildman–Crippen LogP) is 1.51. The maximum atomic E-state index is 13.0. The van der Waals surface area contributed by atoms with Gasteiger partial charge in [0, 0.05) is 7.05 Å². The van der Waals surface area contributed by atoms with Crippen molar-refractivity contribution in [2.75, 3.05) is 0 Å². The number of rotatable bonds is 0. The van der Waals surface area contributed by atoms with Gasteiger partial charge in [-0.25, -0.2) is 9.37 Å². The third kappa shape index (κ3) is 0.808. The molecule has 2 nitrogen and oxygen atoms in total. The number of hydrogen-bond donors (Lipinski definition) is 0. The fraction of sp³-hybridized carbons (Fsp3) is 0.125. The number of benzene rings is 1. The summed E-state index contributed by atoms with van der Waals surface area (Å²) in [5.41, 5.74) is 1.15. The quantitative estimate of drug-likeness (QED) is 0.555. The van der Waals surface area contributed by atoms with E-state index in [0.717, 1.165) is 0 Å². The minimum Gasteiger partial charge on any atom is -0.322 e. The van der Waals surface area contributed by atoms with E-state index in [9.17, 15) is 4.39 Å². The third-order valence-electron chi connectivity index (χ3n) is 1.62. The van der Waals surface area contributed by atoms with Crippen LogP contribution >= 0.6 is 0 Å². The Balaban J connectivity index is 2.96. The molecule has 0 aliphatic carbocycles. The van der Waals surface area contributed by atoms with Crippen molar-refractivity contribution in [3.63, 3.8) is 0 Å². The summed E-state index contributed by atoms with van der Waals surface area (Å²) >= 11 is 0. The Morgan fingerprint density at radius 3 is 3.09 bits per heavy atom. The van der Waals surface area contributed by atoms with Gasteiger partial charge in [-0.1, -0.05) is 6.07 Å².